The molecule has 0 unspecified atom stereocenters. The molecule has 0 amide bonds. The van der Waals surface area contributed by atoms with Gasteiger partial charge in [0, 0.05) is 61.1 Å². The molecule has 0 saturated carbocycles. The summed E-state index contributed by atoms with van der Waals surface area (Å²) in [6.45, 7) is 11.3. The maximum Gasteiger partial charge on any atom is 0.337 e. The summed E-state index contributed by atoms with van der Waals surface area (Å²) in [5.41, 5.74) is 4.88. The first-order valence-electron chi connectivity index (χ1n) is 14.3. The molecule has 0 aliphatic carbocycles. The largest absolute Gasteiger partial charge is 0.479 e. The van der Waals surface area contributed by atoms with Gasteiger partial charge in [0.2, 0.25) is 0 Å². The zero-order valence-corrected chi connectivity index (χ0v) is 26.8. The van der Waals surface area contributed by atoms with Gasteiger partial charge in [0.15, 0.2) is 17.6 Å². The van der Waals surface area contributed by atoms with Crippen LogP contribution >= 0.6 is 22.9 Å². The maximum absolute atomic E-state index is 12.7. The number of aryl methyl sites for hydroxylation is 2. The SMILES string of the molecule is Cc1cc2nc(-c3cnc4c(c3)c(N3CCN(C)CC3)nn4C)sc2c(-c2ccc(Cl)cc2)c1[C@H](OC(C)(C)C)C(=O)O. The summed E-state index contributed by atoms with van der Waals surface area (Å²) in [4.78, 5) is 27.1. The molecule has 11 heteroatoms. The highest BCUT2D eigenvalue weighted by atomic mass is 35.5. The van der Waals surface area contributed by atoms with Crippen molar-refractivity contribution in [2.24, 2.45) is 7.05 Å². The lowest BCUT2D eigenvalue weighted by Crippen LogP contribution is -2.44. The first kappa shape index (κ1) is 29.5. The molecule has 1 aliphatic heterocycles. The number of ether oxygens (including phenoxy) is 1. The summed E-state index contributed by atoms with van der Waals surface area (Å²) >= 11 is 7.77. The number of aliphatic carboxylic acids is 1. The molecule has 4 heterocycles. The fraction of sp³-hybridized carbons (Fsp3) is 0.375. The number of fused-ring (bicyclic) bond motifs is 2. The van der Waals surface area contributed by atoms with Crippen molar-refractivity contribution >= 4 is 56.0 Å². The fourth-order valence-electron chi connectivity index (χ4n) is 5.65. The molecule has 6 rings (SSSR count). The Morgan fingerprint density at radius 3 is 2.42 bits per heavy atom. The van der Waals surface area contributed by atoms with Crippen LogP contribution in [-0.2, 0) is 16.6 Å². The molecule has 1 atom stereocenters. The number of nitrogens with zero attached hydrogens (tertiary/aromatic N) is 6. The van der Waals surface area contributed by atoms with Crippen LogP contribution in [-0.4, -0.2) is 74.6 Å². The molecule has 2 aromatic carbocycles. The van der Waals surface area contributed by atoms with Crippen LogP contribution in [0.1, 0.15) is 38.0 Å². The number of anilines is 1. The minimum Gasteiger partial charge on any atom is -0.479 e. The minimum atomic E-state index is -1.17. The third-order valence-electron chi connectivity index (χ3n) is 7.73. The highest BCUT2D eigenvalue weighted by molar-refractivity contribution is 7.22. The van der Waals surface area contributed by atoms with Crippen molar-refractivity contribution in [1.29, 1.82) is 0 Å². The second-order valence-corrected chi connectivity index (χ2v) is 13.6. The van der Waals surface area contributed by atoms with Gasteiger partial charge in [-0.3, -0.25) is 0 Å². The second kappa shape index (κ2) is 11.2. The van der Waals surface area contributed by atoms with E-state index < -0.39 is 17.7 Å². The number of rotatable bonds is 6. The summed E-state index contributed by atoms with van der Waals surface area (Å²) in [5.74, 6) is -0.107. The van der Waals surface area contributed by atoms with Gasteiger partial charge in [0.25, 0.3) is 0 Å². The number of carboxylic acid groups (broad SMARTS) is 1. The van der Waals surface area contributed by atoms with Gasteiger partial charge in [0.1, 0.15) is 5.01 Å². The van der Waals surface area contributed by atoms with Crippen LogP contribution in [0.2, 0.25) is 5.02 Å². The van der Waals surface area contributed by atoms with Crippen molar-refractivity contribution in [2.45, 2.75) is 39.4 Å². The maximum atomic E-state index is 12.7. The molecule has 1 N–H and O–H groups in total. The van der Waals surface area contributed by atoms with E-state index in [-0.39, 0.29) is 0 Å². The highest BCUT2D eigenvalue weighted by Crippen LogP contribution is 2.44. The quantitative estimate of drug-likeness (QED) is 0.228. The predicted octanol–water partition coefficient (Wildman–Crippen LogP) is 6.57. The molecular formula is C32H35ClN6O3S. The summed E-state index contributed by atoms with van der Waals surface area (Å²) in [6, 6.07) is 11.5. The summed E-state index contributed by atoms with van der Waals surface area (Å²) in [5, 5.41) is 17.6. The number of pyridine rings is 1. The zero-order valence-electron chi connectivity index (χ0n) is 25.2. The van der Waals surface area contributed by atoms with E-state index in [4.69, 9.17) is 31.4 Å². The topological polar surface area (TPSA) is 96.6 Å². The minimum absolute atomic E-state index is 0.604. The molecule has 43 heavy (non-hydrogen) atoms. The van der Waals surface area contributed by atoms with E-state index in [1.54, 1.807) is 0 Å². The Morgan fingerprint density at radius 1 is 1.07 bits per heavy atom. The second-order valence-electron chi connectivity index (χ2n) is 12.1. The number of likely N-dealkylation sites (N-methyl/N-ethyl adjacent to an activating group) is 1. The molecule has 1 saturated heterocycles. The Labute approximate surface area is 259 Å². The molecule has 1 aliphatic rings. The Bertz CT molecular complexity index is 1830. The lowest BCUT2D eigenvalue weighted by Gasteiger charge is -2.32. The average Bonchev–Trinajstić information content (AvgIpc) is 3.52. The monoisotopic (exact) mass is 618 g/mol. The number of hydrogen-bond donors (Lipinski definition) is 1. The summed E-state index contributed by atoms with van der Waals surface area (Å²) < 4.78 is 8.87. The molecule has 9 nitrogen and oxygen atoms in total. The van der Waals surface area contributed by atoms with E-state index in [0.29, 0.717) is 10.6 Å². The molecule has 0 radical (unpaired) electrons. The van der Waals surface area contributed by atoms with Crippen molar-refractivity contribution < 1.29 is 14.6 Å². The number of piperazine rings is 1. The van der Waals surface area contributed by atoms with E-state index >= 15 is 0 Å². The van der Waals surface area contributed by atoms with Crippen LogP contribution in [0.4, 0.5) is 5.82 Å². The summed E-state index contributed by atoms with van der Waals surface area (Å²) in [6.07, 6.45) is 0.675. The van der Waals surface area contributed by atoms with E-state index in [0.717, 1.165) is 80.5 Å². The number of thiazole rings is 1. The molecule has 3 aromatic heterocycles. The number of carbonyl (C=O) groups is 1. The van der Waals surface area contributed by atoms with Crippen LogP contribution < -0.4 is 4.90 Å². The first-order chi connectivity index (χ1) is 20.4. The van der Waals surface area contributed by atoms with E-state index in [2.05, 4.69) is 22.9 Å². The molecule has 1 fully saturated rings. The normalized spacial score (nSPS) is 15.5. The molecule has 224 valence electrons. The lowest BCUT2D eigenvalue weighted by molar-refractivity contribution is -0.160. The van der Waals surface area contributed by atoms with Gasteiger partial charge in [0.05, 0.1) is 21.2 Å². The highest BCUT2D eigenvalue weighted by Gasteiger charge is 2.32. The van der Waals surface area contributed by atoms with Gasteiger partial charge in [-0.05, 0) is 70.1 Å². The molecule has 0 bridgehead atoms. The average molecular weight is 619 g/mol. The smallest absolute Gasteiger partial charge is 0.337 e. The lowest BCUT2D eigenvalue weighted by atomic mass is 9.91. The number of hydrogen-bond acceptors (Lipinski definition) is 8. The van der Waals surface area contributed by atoms with E-state index in [1.165, 1.54) is 11.3 Å². The van der Waals surface area contributed by atoms with Crippen LogP contribution in [0.5, 0.6) is 0 Å². The number of benzene rings is 2. The fourth-order valence-corrected chi connectivity index (χ4v) is 6.89. The summed E-state index contributed by atoms with van der Waals surface area (Å²) in [7, 11) is 4.06. The Morgan fingerprint density at radius 2 is 1.77 bits per heavy atom. The zero-order chi connectivity index (χ0) is 30.6. The Kier molecular flexibility index (Phi) is 7.66. The third kappa shape index (κ3) is 5.72. The van der Waals surface area contributed by atoms with Gasteiger partial charge >= 0.3 is 5.97 Å². The van der Waals surface area contributed by atoms with Gasteiger partial charge in [-0.15, -0.1) is 11.3 Å². The van der Waals surface area contributed by atoms with Crippen LogP contribution in [0.25, 0.3) is 42.9 Å². The molecule has 5 aromatic rings. The Hall–Kier alpha value is -3.57. The van der Waals surface area contributed by atoms with Crippen molar-refractivity contribution in [3.8, 4) is 21.7 Å². The van der Waals surface area contributed by atoms with Crippen molar-refractivity contribution in [2.75, 3.05) is 38.1 Å². The van der Waals surface area contributed by atoms with Crippen molar-refractivity contribution in [3.63, 3.8) is 0 Å². The Balaban J connectivity index is 1.53. The van der Waals surface area contributed by atoms with E-state index in [1.807, 2.05) is 76.0 Å². The van der Waals surface area contributed by atoms with Gasteiger partial charge in [-0.1, -0.05) is 23.7 Å². The van der Waals surface area contributed by atoms with Gasteiger partial charge in [-0.25, -0.2) is 19.4 Å². The van der Waals surface area contributed by atoms with Gasteiger partial charge < -0.3 is 19.6 Å². The van der Waals surface area contributed by atoms with Crippen LogP contribution in [0, 0.1) is 6.92 Å². The van der Waals surface area contributed by atoms with Gasteiger partial charge in [-0.2, -0.15) is 5.10 Å². The number of halogens is 1. The first-order valence-corrected chi connectivity index (χ1v) is 15.5. The van der Waals surface area contributed by atoms with Crippen molar-refractivity contribution in [3.05, 3.63) is 58.7 Å². The van der Waals surface area contributed by atoms with E-state index in [9.17, 15) is 9.90 Å². The van der Waals surface area contributed by atoms with Crippen LogP contribution in [0.3, 0.4) is 0 Å². The molecule has 0 spiro atoms. The van der Waals surface area contributed by atoms with Crippen molar-refractivity contribution in [1.82, 2.24) is 24.6 Å². The number of aromatic nitrogens is 4. The van der Waals surface area contributed by atoms with Crippen LogP contribution in [0.15, 0.2) is 42.6 Å². The molecular weight excluding hydrogens is 584 g/mol. The third-order valence-corrected chi connectivity index (χ3v) is 9.12. The number of carboxylic acids is 1. The predicted molar refractivity (Wildman–Crippen MR) is 173 cm³/mol. The standard InChI is InChI=1S/C32H35ClN6O3S/c1-18-15-23-27(25(19-7-9-21(33)10-8-19)24(18)26(31(40)41)42-32(2,3)4)43-30(35-23)20-16-22-28(34-17-20)38(6)36-29(22)39-13-11-37(5)12-14-39/h7-10,15-17,26H,11-14H2,1-6H3,(H,40,41)/t26-/m0/s1.